The fourth-order valence-corrected chi connectivity index (χ4v) is 7.47. The zero-order valence-corrected chi connectivity index (χ0v) is 24.4. The second kappa shape index (κ2) is 9.20. The van der Waals surface area contributed by atoms with E-state index in [1.807, 2.05) is 6.08 Å². The van der Waals surface area contributed by atoms with Gasteiger partial charge in [0, 0.05) is 29.0 Å². The Bertz CT molecular complexity index is 1860. The van der Waals surface area contributed by atoms with E-state index in [0.717, 1.165) is 4.57 Å². The van der Waals surface area contributed by atoms with E-state index in [1.54, 1.807) is 64.1 Å². The number of carbonyl (C=O) groups excluding carboxylic acids is 2. The molecule has 6 rings (SSSR count). The number of para-hydroxylation sites is 1. The van der Waals surface area contributed by atoms with Crippen molar-refractivity contribution in [1.82, 2.24) is 13.9 Å². The van der Waals surface area contributed by atoms with Crippen LogP contribution < -0.4 is 20.9 Å². The Morgan fingerprint density at radius 1 is 0.905 bits per heavy atom. The minimum atomic E-state index is -1.34. The van der Waals surface area contributed by atoms with Crippen molar-refractivity contribution < 1.29 is 24.2 Å². The molecular weight excluding hydrogens is 538 g/mol. The molecule has 0 amide bonds. The second-order valence-corrected chi connectivity index (χ2v) is 11.7. The predicted molar refractivity (Wildman–Crippen MR) is 155 cm³/mol. The summed E-state index contributed by atoms with van der Waals surface area (Å²) in [5.41, 5.74) is -1.52. The van der Waals surface area contributed by atoms with Crippen LogP contribution in [-0.4, -0.2) is 44.8 Å². The van der Waals surface area contributed by atoms with Crippen molar-refractivity contribution in [3.05, 3.63) is 91.8 Å². The molecule has 1 aromatic heterocycles. The molecule has 3 aliphatic rings. The average molecular weight is 572 g/mol. The van der Waals surface area contributed by atoms with E-state index < -0.39 is 34.2 Å². The molecular formula is C32H33N3O7. The molecule has 0 saturated heterocycles. The van der Waals surface area contributed by atoms with Gasteiger partial charge < -0.3 is 14.6 Å². The lowest BCUT2D eigenvalue weighted by atomic mass is 9.43. The normalized spacial score (nSPS) is 26.8. The Labute approximate surface area is 242 Å². The molecule has 4 atom stereocenters. The van der Waals surface area contributed by atoms with Crippen molar-refractivity contribution >= 4 is 11.6 Å². The van der Waals surface area contributed by atoms with Gasteiger partial charge in [-0.2, -0.15) is 0 Å². The van der Waals surface area contributed by atoms with Crippen LogP contribution in [0.5, 0.6) is 17.2 Å². The quantitative estimate of drug-likeness (QED) is 0.474. The third kappa shape index (κ3) is 3.32. The molecule has 2 heterocycles. The van der Waals surface area contributed by atoms with Crippen LogP contribution in [0.1, 0.15) is 51.6 Å². The maximum Gasteiger partial charge on any atom is 0.352 e. The first kappa shape index (κ1) is 27.6. The number of benzene rings is 2. The fraction of sp³-hybridized carbons (Fsp3) is 0.375. The van der Waals surface area contributed by atoms with Crippen LogP contribution in [0.3, 0.4) is 0 Å². The van der Waals surface area contributed by atoms with Gasteiger partial charge in [-0.05, 0) is 49.1 Å². The summed E-state index contributed by atoms with van der Waals surface area (Å²) in [5, 5.41) is 11.5. The number of rotatable bonds is 4. The monoisotopic (exact) mass is 571 g/mol. The molecule has 3 aromatic rings. The maximum atomic E-state index is 14.4. The number of fused-ring (bicyclic) bond motifs is 4. The number of hydrogen-bond acceptors (Lipinski definition) is 7. The topological polar surface area (TPSA) is 122 Å². The van der Waals surface area contributed by atoms with E-state index in [-0.39, 0.29) is 36.0 Å². The number of nitrogens with zero attached hydrogens (tertiary/aromatic N) is 3. The molecule has 0 spiro atoms. The van der Waals surface area contributed by atoms with Crippen molar-refractivity contribution in [2.45, 2.75) is 52.6 Å². The van der Waals surface area contributed by atoms with E-state index in [0.29, 0.717) is 33.7 Å². The van der Waals surface area contributed by atoms with Gasteiger partial charge in [0.05, 0.1) is 37.9 Å². The van der Waals surface area contributed by atoms with Crippen molar-refractivity contribution in [3.8, 4) is 22.9 Å². The summed E-state index contributed by atoms with van der Waals surface area (Å²) < 4.78 is 15.0. The van der Waals surface area contributed by atoms with Gasteiger partial charge in [0.15, 0.2) is 11.6 Å². The molecule has 10 heteroatoms. The van der Waals surface area contributed by atoms with E-state index in [1.165, 1.54) is 29.6 Å². The van der Waals surface area contributed by atoms with Gasteiger partial charge in [-0.15, -0.1) is 0 Å². The number of allylic oxidation sites excluding steroid dienone is 4. The molecule has 0 bridgehead atoms. The number of phenols is 1. The molecule has 1 N–H and O–H groups in total. The number of Topliss-reactive ketones (excluding diaryl/α,β-unsaturated/α-hetero) is 2. The third-order valence-electron chi connectivity index (χ3n) is 9.97. The molecule has 1 aliphatic heterocycles. The Hall–Kier alpha value is -4.60. The number of aromatic hydroxyl groups is 1. The zero-order chi connectivity index (χ0) is 30.3. The summed E-state index contributed by atoms with van der Waals surface area (Å²) in [5.74, 6) is -0.800. The number of phenolic OH excluding ortho intramolecular Hbond substituents is 1. The number of hydrogen-bond donors (Lipinski definition) is 1. The number of carbonyl (C=O) groups is 2. The minimum Gasteiger partial charge on any atom is -0.507 e. The van der Waals surface area contributed by atoms with Crippen LogP contribution in [0.4, 0.5) is 0 Å². The standard InChI is InChI=1S/C32H33N3O7/c1-17-18(2)28(38)32(4)26(25-23(36)14-20(41-5)15-24(25)42-6)21-12-13-33-29(39)34(19-10-8-7-9-11-19)30(40)35(33)22(21)16-31(32,3)27(17)37/h7-12,14-15,22,26,36H,13,16H2,1-6H3/t22-,26-,31+,32-/m1/s1. The summed E-state index contributed by atoms with van der Waals surface area (Å²) in [6.45, 7) is 6.91. The number of ketones is 2. The SMILES string of the molecule is COc1cc(O)c([C@H]2C3=CCn4c(=O)n(-c5ccccc5)c(=O)n4[C@@H]3C[C@@]3(C)C(=O)C(C)=C(C)C(=O)[C@@]23C)c(OC)c1. The van der Waals surface area contributed by atoms with E-state index in [2.05, 4.69) is 0 Å². The van der Waals surface area contributed by atoms with Crippen LogP contribution in [0.25, 0.3) is 5.69 Å². The number of aromatic nitrogens is 3. The van der Waals surface area contributed by atoms with Crippen molar-refractivity contribution in [2.24, 2.45) is 10.8 Å². The Morgan fingerprint density at radius 2 is 1.57 bits per heavy atom. The number of methoxy groups -OCH3 is 2. The molecule has 218 valence electrons. The van der Waals surface area contributed by atoms with Gasteiger partial charge >= 0.3 is 11.4 Å². The zero-order valence-electron chi connectivity index (χ0n) is 24.4. The fourth-order valence-electron chi connectivity index (χ4n) is 7.47. The average Bonchev–Trinajstić information content (AvgIpc) is 3.25. The van der Waals surface area contributed by atoms with Crippen LogP contribution >= 0.6 is 0 Å². The molecule has 1 fully saturated rings. The lowest BCUT2D eigenvalue weighted by Crippen LogP contribution is -2.61. The minimum absolute atomic E-state index is 0.0677. The molecule has 0 radical (unpaired) electrons. The van der Waals surface area contributed by atoms with Crippen LogP contribution in [-0.2, 0) is 16.1 Å². The largest absolute Gasteiger partial charge is 0.507 e. The van der Waals surface area contributed by atoms with E-state index in [9.17, 15) is 24.3 Å². The van der Waals surface area contributed by atoms with Gasteiger partial charge in [0.2, 0.25) is 0 Å². The lowest BCUT2D eigenvalue weighted by Gasteiger charge is -2.58. The molecule has 0 unspecified atom stereocenters. The van der Waals surface area contributed by atoms with E-state index >= 15 is 0 Å². The summed E-state index contributed by atoms with van der Waals surface area (Å²) >= 11 is 0. The van der Waals surface area contributed by atoms with Gasteiger partial charge in [0.1, 0.15) is 17.2 Å². The summed E-state index contributed by atoms with van der Waals surface area (Å²) in [6.07, 6.45) is 1.95. The first-order valence-electron chi connectivity index (χ1n) is 13.8. The Morgan fingerprint density at radius 3 is 2.21 bits per heavy atom. The molecule has 1 saturated carbocycles. The Kier molecular flexibility index (Phi) is 6.04. The smallest absolute Gasteiger partial charge is 0.352 e. The van der Waals surface area contributed by atoms with Gasteiger partial charge in [0.25, 0.3) is 0 Å². The molecule has 2 aromatic carbocycles. The Balaban J connectivity index is 1.68. The first-order valence-corrected chi connectivity index (χ1v) is 13.8. The summed E-state index contributed by atoms with van der Waals surface area (Å²) in [6, 6.07) is 11.0. The molecule has 10 nitrogen and oxygen atoms in total. The molecule has 2 aliphatic carbocycles. The van der Waals surface area contributed by atoms with Crippen LogP contribution in [0.15, 0.2) is 74.8 Å². The van der Waals surface area contributed by atoms with Crippen molar-refractivity contribution in [1.29, 1.82) is 0 Å². The highest BCUT2D eigenvalue weighted by Crippen LogP contribution is 2.67. The summed E-state index contributed by atoms with van der Waals surface area (Å²) in [4.78, 5) is 56.2. The van der Waals surface area contributed by atoms with Gasteiger partial charge in [-0.25, -0.2) is 23.5 Å². The van der Waals surface area contributed by atoms with Gasteiger partial charge in [-0.3, -0.25) is 9.59 Å². The van der Waals surface area contributed by atoms with E-state index in [4.69, 9.17) is 9.47 Å². The number of ether oxygens (including phenoxy) is 2. The lowest BCUT2D eigenvalue weighted by molar-refractivity contribution is -0.151. The highest BCUT2D eigenvalue weighted by Gasteiger charge is 2.67. The maximum absolute atomic E-state index is 14.4. The summed E-state index contributed by atoms with van der Waals surface area (Å²) in [7, 11) is 2.93. The highest BCUT2D eigenvalue weighted by atomic mass is 16.5. The molecule has 42 heavy (non-hydrogen) atoms. The van der Waals surface area contributed by atoms with Gasteiger partial charge in [-0.1, -0.05) is 38.1 Å². The third-order valence-corrected chi connectivity index (χ3v) is 9.97. The van der Waals surface area contributed by atoms with Crippen molar-refractivity contribution in [3.63, 3.8) is 0 Å². The van der Waals surface area contributed by atoms with Crippen LogP contribution in [0.2, 0.25) is 0 Å². The highest BCUT2D eigenvalue weighted by molar-refractivity contribution is 6.17. The first-order chi connectivity index (χ1) is 19.9. The van der Waals surface area contributed by atoms with Crippen LogP contribution in [0, 0.1) is 10.8 Å². The predicted octanol–water partition coefficient (Wildman–Crippen LogP) is 3.69. The van der Waals surface area contributed by atoms with Crippen molar-refractivity contribution in [2.75, 3.05) is 14.2 Å². The second-order valence-electron chi connectivity index (χ2n) is 11.7.